The zero-order valence-corrected chi connectivity index (χ0v) is 11.3. The Bertz CT molecular complexity index is 919. The van der Waals surface area contributed by atoms with Crippen LogP contribution in [0.2, 0.25) is 0 Å². The largest absolute Gasteiger partial charge is 0.457 e. The quantitative estimate of drug-likeness (QED) is 0.535. The van der Waals surface area contributed by atoms with E-state index in [1.165, 1.54) is 0 Å². The van der Waals surface area contributed by atoms with E-state index < -0.39 is 11.9 Å². The third-order valence-electron chi connectivity index (χ3n) is 3.36. The molecule has 22 heavy (non-hydrogen) atoms. The first-order valence-corrected chi connectivity index (χ1v) is 6.65. The van der Waals surface area contributed by atoms with Crippen molar-refractivity contribution in [3.8, 4) is 11.5 Å². The van der Waals surface area contributed by atoms with Crippen LogP contribution in [0, 0.1) is 0 Å². The summed E-state index contributed by atoms with van der Waals surface area (Å²) in [5.41, 5.74) is 0.856. The van der Waals surface area contributed by atoms with Gasteiger partial charge >= 0.3 is 11.9 Å². The maximum atomic E-state index is 11.6. The highest BCUT2D eigenvalue weighted by Gasteiger charge is 2.31. The molecule has 1 aliphatic rings. The van der Waals surface area contributed by atoms with Crippen LogP contribution in [0.25, 0.3) is 10.9 Å². The SMILES string of the molecule is O=C1OC(=O)c2nc3ccc(Oc4ccccc4)cc3cc21. The number of hydrogen-bond donors (Lipinski definition) is 0. The summed E-state index contributed by atoms with van der Waals surface area (Å²) < 4.78 is 10.3. The third kappa shape index (κ3) is 2.00. The van der Waals surface area contributed by atoms with Crippen LogP contribution in [0.4, 0.5) is 0 Å². The highest BCUT2D eigenvalue weighted by atomic mass is 16.6. The fourth-order valence-electron chi connectivity index (χ4n) is 2.34. The normalized spacial score (nSPS) is 13.1. The molecule has 4 rings (SSSR count). The summed E-state index contributed by atoms with van der Waals surface area (Å²) in [5, 5.41) is 0.707. The molecule has 1 aromatic heterocycles. The zero-order chi connectivity index (χ0) is 15.1. The molecule has 0 aliphatic carbocycles. The van der Waals surface area contributed by atoms with Gasteiger partial charge < -0.3 is 9.47 Å². The van der Waals surface area contributed by atoms with E-state index in [1.807, 2.05) is 30.3 Å². The van der Waals surface area contributed by atoms with Gasteiger partial charge in [0.25, 0.3) is 0 Å². The maximum absolute atomic E-state index is 11.6. The fraction of sp³-hybridized carbons (Fsp3) is 0. The van der Waals surface area contributed by atoms with Crippen molar-refractivity contribution >= 4 is 22.8 Å². The molecule has 0 unspecified atom stereocenters. The minimum Gasteiger partial charge on any atom is -0.457 e. The summed E-state index contributed by atoms with van der Waals surface area (Å²) in [6, 6.07) is 16.2. The summed E-state index contributed by atoms with van der Waals surface area (Å²) in [7, 11) is 0. The molecule has 5 heteroatoms. The summed E-state index contributed by atoms with van der Waals surface area (Å²) >= 11 is 0. The molecule has 0 radical (unpaired) electrons. The number of rotatable bonds is 2. The van der Waals surface area contributed by atoms with Gasteiger partial charge in [0.05, 0.1) is 11.1 Å². The topological polar surface area (TPSA) is 65.5 Å². The van der Waals surface area contributed by atoms with E-state index in [0.717, 1.165) is 0 Å². The number of para-hydroxylation sites is 1. The number of esters is 2. The van der Waals surface area contributed by atoms with E-state index in [0.29, 0.717) is 22.4 Å². The molecule has 0 spiro atoms. The number of benzene rings is 2. The Hall–Kier alpha value is -3.21. The molecule has 1 aliphatic heterocycles. The van der Waals surface area contributed by atoms with E-state index in [4.69, 9.17) is 4.74 Å². The number of pyridine rings is 1. The summed E-state index contributed by atoms with van der Waals surface area (Å²) in [4.78, 5) is 27.3. The van der Waals surface area contributed by atoms with Crippen LogP contribution in [0.5, 0.6) is 11.5 Å². The van der Waals surface area contributed by atoms with Crippen molar-refractivity contribution in [3.05, 3.63) is 65.9 Å². The van der Waals surface area contributed by atoms with Crippen molar-refractivity contribution < 1.29 is 19.1 Å². The van der Waals surface area contributed by atoms with E-state index in [-0.39, 0.29) is 11.3 Å². The Labute approximate surface area is 125 Å². The van der Waals surface area contributed by atoms with Crippen molar-refractivity contribution in [2.24, 2.45) is 0 Å². The van der Waals surface area contributed by atoms with Crippen molar-refractivity contribution in [1.29, 1.82) is 0 Å². The van der Waals surface area contributed by atoms with E-state index in [9.17, 15) is 9.59 Å². The van der Waals surface area contributed by atoms with Gasteiger partial charge in [-0.1, -0.05) is 18.2 Å². The van der Waals surface area contributed by atoms with Crippen LogP contribution in [0.15, 0.2) is 54.6 Å². The second kappa shape index (κ2) is 4.66. The lowest BCUT2D eigenvalue weighted by Gasteiger charge is -2.06. The van der Waals surface area contributed by atoms with Crippen molar-refractivity contribution in [2.75, 3.05) is 0 Å². The lowest BCUT2D eigenvalue weighted by atomic mass is 10.1. The van der Waals surface area contributed by atoms with Crippen LogP contribution in [-0.2, 0) is 4.74 Å². The van der Waals surface area contributed by atoms with Gasteiger partial charge in [0.1, 0.15) is 11.5 Å². The highest BCUT2D eigenvalue weighted by molar-refractivity contribution is 6.15. The third-order valence-corrected chi connectivity index (χ3v) is 3.36. The number of fused-ring (bicyclic) bond motifs is 2. The molecule has 0 fully saturated rings. The molecule has 0 saturated heterocycles. The first-order chi connectivity index (χ1) is 10.7. The Morgan fingerprint density at radius 2 is 1.68 bits per heavy atom. The van der Waals surface area contributed by atoms with Crippen molar-refractivity contribution in [2.45, 2.75) is 0 Å². The summed E-state index contributed by atoms with van der Waals surface area (Å²) in [6.45, 7) is 0. The molecule has 0 N–H and O–H groups in total. The summed E-state index contributed by atoms with van der Waals surface area (Å²) in [6.07, 6.45) is 0. The summed E-state index contributed by atoms with van der Waals surface area (Å²) in [5.74, 6) is -0.0287. The molecule has 3 aromatic rings. The number of ether oxygens (including phenoxy) is 2. The Kier molecular flexibility index (Phi) is 2.66. The van der Waals surface area contributed by atoms with Crippen LogP contribution < -0.4 is 4.74 Å². The van der Waals surface area contributed by atoms with Crippen LogP contribution in [0.1, 0.15) is 20.8 Å². The van der Waals surface area contributed by atoms with E-state index in [2.05, 4.69) is 9.72 Å². The average molecular weight is 291 g/mol. The lowest BCUT2D eigenvalue weighted by molar-refractivity contribution is 0.0441. The smallest absolute Gasteiger partial charge is 0.365 e. The van der Waals surface area contributed by atoms with Crippen molar-refractivity contribution in [3.63, 3.8) is 0 Å². The minimum absolute atomic E-state index is 0.0641. The van der Waals surface area contributed by atoms with Gasteiger partial charge in [-0.2, -0.15) is 0 Å². The molecular weight excluding hydrogens is 282 g/mol. The first-order valence-electron chi connectivity index (χ1n) is 6.65. The number of carbonyl (C=O) groups is 2. The fourth-order valence-corrected chi connectivity index (χ4v) is 2.34. The zero-order valence-electron chi connectivity index (χ0n) is 11.3. The lowest BCUT2D eigenvalue weighted by Crippen LogP contribution is -1.98. The highest BCUT2D eigenvalue weighted by Crippen LogP contribution is 2.28. The van der Waals surface area contributed by atoms with Gasteiger partial charge in [-0.3, -0.25) is 0 Å². The number of nitrogens with zero attached hydrogens (tertiary/aromatic N) is 1. The predicted molar refractivity (Wildman–Crippen MR) is 78.0 cm³/mol. The second-order valence-corrected chi connectivity index (χ2v) is 4.83. The van der Waals surface area contributed by atoms with Crippen LogP contribution >= 0.6 is 0 Å². The van der Waals surface area contributed by atoms with Gasteiger partial charge in [-0.15, -0.1) is 0 Å². The first kappa shape index (κ1) is 12.5. The molecule has 5 nitrogen and oxygen atoms in total. The molecule has 2 heterocycles. The Morgan fingerprint density at radius 1 is 0.864 bits per heavy atom. The predicted octanol–water partition coefficient (Wildman–Crippen LogP) is 3.34. The Morgan fingerprint density at radius 3 is 2.50 bits per heavy atom. The van der Waals surface area contributed by atoms with Crippen LogP contribution in [-0.4, -0.2) is 16.9 Å². The van der Waals surface area contributed by atoms with Gasteiger partial charge in [-0.25, -0.2) is 14.6 Å². The standard InChI is InChI=1S/C17H9NO4/c19-16-13-9-10-8-12(21-11-4-2-1-3-5-11)6-7-14(10)18-15(13)17(20)22-16/h1-9H. The molecule has 106 valence electrons. The van der Waals surface area contributed by atoms with Gasteiger partial charge in [0, 0.05) is 5.39 Å². The molecular formula is C17H9NO4. The molecule has 0 saturated carbocycles. The minimum atomic E-state index is -0.702. The van der Waals surface area contributed by atoms with Gasteiger partial charge in [0.2, 0.25) is 0 Å². The molecule has 0 bridgehead atoms. The molecule has 2 aromatic carbocycles. The second-order valence-electron chi connectivity index (χ2n) is 4.83. The number of hydrogen-bond acceptors (Lipinski definition) is 5. The number of carbonyl (C=O) groups excluding carboxylic acids is 2. The Balaban J connectivity index is 1.78. The van der Waals surface area contributed by atoms with Gasteiger partial charge in [0.15, 0.2) is 5.69 Å². The molecule has 0 amide bonds. The molecule has 0 atom stereocenters. The average Bonchev–Trinajstić information content (AvgIpc) is 2.80. The number of cyclic esters (lactones) is 2. The van der Waals surface area contributed by atoms with Crippen molar-refractivity contribution in [1.82, 2.24) is 4.98 Å². The van der Waals surface area contributed by atoms with E-state index in [1.54, 1.807) is 24.3 Å². The van der Waals surface area contributed by atoms with Gasteiger partial charge in [-0.05, 0) is 36.4 Å². The number of aromatic nitrogens is 1. The van der Waals surface area contributed by atoms with E-state index >= 15 is 0 Å². The van der Waals surface area contributed by atoms with Crippen LogP contribution in [0.3, 0.4) is 0 Å². The maximum Gasteiger partial charge on any atom is 0.365 e. The monoisotopic (exact) mass is 291 g/mol.